The first-order valence-corrected chi connectivity index (χ1v) is 13.2. The number of aryl methyl sites for hydroxylation is 1. The minimum absolute atomic E-state index is 0.0435. The number of nitrogens with two attached hydrogens (primary N) is 1. The summed E-state index contributed by atoms with van der Waals surface area (Å²) in [6.45, 7) is 10.5. The SMILES string of the molecule is CCN1CCC(N)([C@H](O)c2ccc(Nc3ncc(F)c(-c4cc(F)c5nc(C)n(C(C)C)c5c4)n3)nc2)CC1. The van der Waals surface area contributed by atoms with E-state index in [4.69, 9.17) is 5.73 Å². The van der Waals surface area contributed by atoms with Crippen LogP contribution in [0.25, 0.3) is 22.3 Å². The standard InChI is InChI=1S/C28H34F2N8O/c1-5-37-10-8-28(31,9-11-37)26(39)18-6-7-23(32-14-18)35-27-33-15-21(30)24(36-27)19-12-20(29)25-22(13-19)38(16(2)3)17(4)34-25/h6-7,12-16,26,39H,5,8-11,31H2,1-4H3,(H,32,33,35,36)/t26-/m1/s1. The number of aliphatic hydroxyl groups excluding tert-OH is 1. The summed E-state index contributed by atoms with van der Waals surface area (Å²) >= 11 is 0. The number of hydrogen-bond donors (Lipinski definition) is 3. The second-order valence-corrected chi connectivity index (χ2v) is 10.5. The molecule has 1 aromatic carbocycles. The van der Waals surface area contributed by atoms with Crippen molar-refractivity contribution in [3.8, 4) is 11.3 Å². The Kier molecular flexibility index (Phi) is 7.32. The molecule has 206 valence electrons. The van der Waals surface area contributed by atoms with E-state index in [1.807, 2.05) is 25.3 Å². The summed E-state index contributed by atoms with van der Waals surface area (Å²) in [4.78, 5) is 19.4. The summed E-state index contributed by atoms with van der Waals surface area (Å²) in [5.41, 5.74) is 7.51. The predicted molar refractivity (Wildman–Crippen MR) is 147 cm³/mol. The molecule has 0 spiro atoms. The number of anilines is 2. The smallest absolute Gasteiger partial charge is 0.229 e. The van der Waals surface area contributed by atoms with Gasteiger partial charge in [-0.2, -0.15) is 0 Å². The van der Waals surface area contributed by atoms with Gasteiger partial charge in [-0.25, -0.2) is 28.7 Å². The second kappa shape index (κ2) is 10.6. The second-order valence-electron chi connectivity index (χ2n) is 10.5. The number of nitrogens with one attached hydrogen (secondary N) is 1. The number of nitrogens with zero attached hydrogens (tertiary/aromatic N) is 6. The third-order valence-electron chi connectivity index (χ3n) is 7.58. The van der Waals surface area contributed by atoms with Crippen molar-refractivity contribution in [3.63, 3.8) is 0 Å². The van der Waals surface area contributed by atoms with E-state index in [1.54, 1.807) is 24.4 Å². The van der Waals surface area contributed by atoms with E-state index in [1.165, 1.54) is 6.07 Å². The number of fused-ring (bicyclic) bond motifs is 1. The Morgan fingerprint density at radius 1 is 1.08 bits per heavy atom. The van der Waals surface area contributed by atoms with Gasteiger partial charge in [0.15, 0.2) is 11.6 Å². The van der Waals surface area contributed by atoms with Crippen LogP contribution in [0.5, 0.6) is 0 Å². The normalized spacial score (nSPS) is 16.6. The molecule has 0 unspecified atom stereocenters. The lowest BCUT2D eigenvalue weighted by Gasteiger charge is -2.41. The van der Waals surface area contributed by atoms with E-state index < -0.39 is 23.3 Å². The summed E-state index contributed by atoms with van der Waals surface area (Å²) < 4.78 is 31.7. The Balaban J connectivity index is 1.38. The van der Waals surface area contributed by atoms with E-state index in [0.29, 0.717) is 35.6 Å². The highest BCUT2D eigenvalue weighted by Crippen LogP contribution is 2.33. The van der Waals surface area contributed by atoms with Crippen LogP contribution in [0.15, 0.2) is 36.7 Å². The molecule has 39 heavy (non-hydrogen) atoms. The lowest BCUT2D eigenvalue weighted by atomic mass is 9.80. The average Bonchev–Trinajstić information content (AvgIpc) is 3.27. The van der Waals surface area contributed by atoms with Crippen molar-refractivity contribution in [3.05, 3.63) is 59.7 Å². The molecule has 1 saturated heterocycles. The quantitative estimate of drug-likeness (QED) is 0.313. The summed E-state index contributed by atoms with van der Waals surface area (Å²) in [5, 5.41) is 13.9. The van der Waals surface area contributed by atoms with Crippen LogP contribution in [-0.2, 0) is 0 Å². The van der Waals surface area contributed by atoms with E-state index in [0.717, 1.165) is 25.8 Å². The van der Waals surface area contributed by atoms with Crippen LogP contribution in [0.3, 0.4) is 0 Å². The molecule has 4 N–H and O–H groups in total. The van der Waals surface area contributed by atoms with Gasteiger partial charge in [0.05, 0.1) is 17.8 Å². The van der Waals surface area contributed by atoms with Crippen LogP contribution < -0.4 is 11.1 Å². The minimum atomic E-state index is -0.848. The number of benzene rings is 1. The fourth-order valence-electron chi connectivity index (χ4n) is 5.33. The van der Waals surface area contributed by atoms with Crippen molar-refractivity contribution in [2.45, 2.75) is 58.2 Å². The van der Waals surface area contributed by atoms with Crippen molar-refractivity contribution in [1.29, 1.82) is 0 Å². The zero-order valence-electron chi connectivity index (χ0n) is 22.6. The number of imidazole rings is 1. The molecule has 4 aromatic rings. The Hall–Kier alpha value is -3.54. The van der Waals surface area contributed by atoms with Gasteiger partial charge in [0.25, 0.3) is 0 Å². The molecular weight excluding hydrogens is 502 g/mol. The van der Waals surface area contributed by atoms with Crippen LogP contribution in [0.4, 0.5) is 20.5 Å². The topological polar surface area (TPSA) is 118 Å². The number of halogens is 2. The van der Waals surface area contributed by atoms with Gasteiger partial charge in [0.1, 0.15) is 22.9 Å². The minimum Gasteiger partial charge on any atom is -0.386 e. The molecule has 5 rings (SSSR count). The van der Waals surface area contributed by atoms with Crippen LogP contribution >= 0.6 is 0 Å². The van der Waals surface area contributed by atoms with Crippen molar-refractivity contribution in [1.82, 2.24) is 29.4 Å². The molecule has 1 aliphatic heterocycles. The van der Waals surface area contributed by atoms with Gasteiger partial charge >= 0.3 is 0 Å². The van der Waals surface area contributed by atoms with E-state index in [9.17, 15) is 13.9 Å². The average molecular weight is 537 g/mol. The predicted octanol–water partition coefficient (Wildman–Crippen LogP) is 4.65. The maximum atomic E-state index is 15.0. The van der Waals surface area contributed by atoms with Gasteiger partial charge in [-0.1, -0.05) is 13.0 Å². The first-order chi connectivity index (χ1) is 18.6. The Morgan fingerprint density at radius 3 is 2.46 bits per heavy atom. The Labute approximate surface area is 226 Å². The lowest BCUT2D eigenvalue weighted by molar-refractivity contribution is 0.0359. The van der Waals surface area contributed by atoms with Gasteiger partial charge in [-0.15, -0.1) is 0 Å². The highest BCUT2D eigenvalue weighted by molar-refractivity contribution is 5.83. The fourth-order valence-corrected chi connectivity index (χ4v) is 5.33. The van der Waals surface area contributed by atoms with Crippen molar-refractivity contribution < 1.29 is 13.9 Å². The van der Waals surface area contributed by atoms with Crippen molar-refractivity contribution in [2.75, 3.05) is 25.0 Å². The molecule has 1 atom stereocenters. The largest absolute Gasteiger partial charge is 0.386 e. The zero-order chi connectivity index (χ0) is 27.9. The molecule has 0 radical (unpaired) electrons. The number of piperidine rings is 1. The first-order valence-electron chi connectivity index (χ1n) is 13.2. The van der Waals surface area contributed by atoms with E-state index in [2.05, 4.69) is 37.1 Å². The molecule has 11 heteroatoms. The number of likely N-dealkylation sites (tertiary alicyclic amines) is 1. The third-order valence-corrected chi connectivity index (χ3v) is 7.58. The molecule has 0 aliphatic carbocycles. The first kappa shape index (κ1) is 27.0. The number of aliphatic hydroxyl groups is 1. The monoisotopic (exact) mass is 536 g/mol. The zero-order valence-corrected chi connectivity index (χ0v) is 22.6. The Bertz CT molecular complexity index is 1480. The molecule has 9 nitrogen and oxygen atoms in total. The van der Waals surface area contributed by atoms with E-state index >= 15 is 0 Å². The molecule has 0 amide bonds. The van der Waals surface area contributed by atoms with Crippen LogP contribution in [0, 0.1) is 18.6 Å². The summed E-state index contributed by atoms with van der Waals surface area (Å²) in [6, 6.07) is 6.41. The molecule has 4 heterocycles. The number of hydrogen-bond acceptors (Lipinski definition) is 8. The van der Waals surface area contributed by atoms with Gasteiger partial charge < -0.3 is 25.6 Å². The summed E-state index contributed by atoms with van der Waals surface area (Å²) in [7, 11) is 0. The van der Waals surface area contributed by atoms with E-state index in [-0.39, 0.29) is 28.8 Å². The summed E-state index contributed by atoms with van der Waals surface area (Å²) in [5.74, 6) is -0.0472. The van der Waals surface area contributed by atoms with Crippen LogP contribution in [0.2, 0.25) is 0 Å². The van der Waals surface area contributed by atoms with Gasteiger partial charge in [-0.3, -0.25) is 0 Å². The van der Waals surface area contributed by atoms with Crippen LogP contribution in [0.1, 0.15) is 57.1 Å². The number of pyridine rings is 1. The molecular formula is C28H34F2N8O. The van der Waals surface area contributed by atoms with Gasteiger partial charge in [0.2, 0.25) is 5.95 Å². The molecule has 0 saturated carbocycles. The molecule has 1 aliphatic rings. The number of rotatable bonds is 7. The molecule has 3 aromatic heterocycles. The Morgan fingerprint density at radius 2 is 1.82 bits per heavy atom. The molecule has 0 bridgehead atoms. The number of aromatic nitrogens is 5. The molecule has 1 fully saturated rings. The fraction of sp³-hybridized carbons (Fsp3) is 0.429. The van der Waals surface area contributed by atoms with Gasteiger partial charge in [-0.05, 0) is 71.4 Å². The highest BCUT2D eigenvalue weighted by atomic mass is 19.1. The highest BCUT2D eigenvalue weighted by Gasteiger charge is 2.38. The van der Waals surface area contributed by atoms with Gasteiger partial charge in [0, 0.05) is 28.9 Å². The maximum Gasteiger partial charge on any atom is 0.229 e. The third kappa shape index (κ3) is 5.21. The lowest BCUT2D eigenvalue weighted by Crippen LogP contribution is -2.54. The maximum absolute atomic E-state index is 15.0. The van der Waals surface area contributed by atoms with Crippen molar-refractivity contribution in [2.24, 2.45) is 5.73 Å². The summed E-state index contributed by atoms with van der Waals surface area (Å²) in [6.07, 6.45) is 3.14. The van der Waals surface area contributed by atoms with Crippen LogP contribution in [-0.4, -0.2) is 59.7 Å². The van der Waals surface area contributed by atoms with Crippen molar-refractivity contribution >= 4 is 22.8 Å².